The molecule has 0 aliphatic rings. The summed E-state index contributed by atoms with van der Waals surface area (Å²) in [4.78, 5) is 29.1. The van der Waals surface area contributed by atoms with Gasteiger partial charge >= 0.3 is 5.97 Å². The number of pyridine rings is 2. The van der Waals surface area contributed by atoms with Gasteiger partial charge in [0.25, 0.3) is 5.56 Å². The Hall–Kier alpha value is -2.96. The van der Waals surface area contributed by atoms with Crippen LogP contribution in [-0.4, -0.2) is 27.0 Å². The SMILES string of the molecule is CCCn1c(=N)c(C(=O)OC)cc2c(=O)n3ccccc3nc21. The lowest BCUT2D eigenvalue weighted by Crippen LogP contribution is -2.30. The Morgan fingerprint density at radius 2 is 2.17 bits per heavy atom. The van der Waals surface area contributed by atoms with Crippen molar-refractivity contribution < 1.29 is 9.53 Å². The molecule has 3 rings (SSSR count). The van der Waals surface area contributed by atoms with Gasteiger partial charge in [0, 0.05) is 12.7 Å². The summed E-state index contributed by atoms with van der Waals surface area (Å²) < 4.78 is 7.72. The second kappa shape index (κ2) is 5.68. The zero-order valence-electron chi connectivity index (χ0n) is 12.9. The van der Waals surface area contributed by atoms with Crippen LogP contribution in [0.4, 0.5) is 0 Å². The largest absolute Gasteiger partial charge is 0.465 e. The summed E-state index contributed by atoms with van der Waals surface area (Å²) in [6, 6.07) is 6.66. The molecular weight excluding hydrogens is 296 g/mol. The number of esters is 1. The third-order valence-electron chi connectivity index (χ3n) is 3.67. The molecule has 3 aromatic heterocycles. The van der Waals surface area contributed by atoms with Crippen molar-refractivity contribution in [2.24, 2.45) is 0 Å². The number of rotatable bonds is 3. The van der Waals surface area contributed by atoms with Crippen LogP contribution in [0.15, 0.2) is 35.3 Å². The Kier molecular flexibility index (Phi) is 3.69. The molecule has 0 bridgehead atoms. The van der Waals surface area contributed by atoms with E-state index in [0.29, 0.717) is 23.2 Å². The number of nitrogens with zero attached hydrogens (tertiary/aromatic N) is 3. The Labute approximate surface area is 131 Å². The Bertz CT molecular complexity index is 1030. The third kappa shape index (κ3) is 2.30. The first-order valence-corrected chi connectivity index (χ1v) is 7.26. The van der Waals surface area contributed by atoms with Crippen LogP contribution < -0.4 is 11.0 Å². The van der Waals surface area contributed by atoms with Crippen molar-refractivity contribution in [2.45, 2.75) is 19.9 Å². The van der Waals surface area contributed by atoms with E-state index in [-0.39, 0.29) is 16.6 Å². The van der Waals surface area contributed by atoms with Crippen LogP contribution in [0, 0.1) is 5.41 Å². The molecule has 0 radical (unpaired) electrons. The van der Waals surface area contributed by atoms with Crippen molar-refractivity contribution in [3.8, 4) is 0 Å². The average Bonchev–Trinajstić information content (AvgIpc) is 2.57. The molecule has 0 aliphatic heterocycles. The molecule has 7 nitrogen and oxygen atoms in total. The van der Waals surface area contributed by atoms with Gasteiger partial charge in [0.05, 0.1) is 12.5 Å². The highest BCUT2D eigenvalue weighted by Crippen LogP contribution is 2.11. The molecule has 0 fully saturated rings. The van der Waals surface area contributed by atoms with E-state index >= 15 is 0 Å². The number of hydrogen-bond donors (Lipinski definition) is 1. The van der Waals surface area contributed by atoms with Gasteiger partial charge in [-0.1, -0.05) is 13.0 Å². The van der Waals surface area contributed by atoms with Crippen LogP contribution in [0.25, 0.3) is 16.7 Å². The van der Waals surface area contributed by atoms with Gasteiger partial charge in [0.1, 0.15) is 22.3 Å². The van der Waals surface area contributed by atoms with Gasteiger partial charge in [-0.3, -0.25) is 14.6 Å². The number of methoxy groups -OCH3 is 1. The molecule has 0 saturated heterocycles. The number of carbonyl (C=O) groups excluding carboxylic acids is 1. The molecule has 118 valence electrons. The molecule has 7 heteroatoms. The molecule has 0 unspecified atom stereocenters. The molecule has 0 spiro atoms. The molecule has 0 amide bonds. The van der Waals surface area contributed by atoms with Crippen molar-refractivity contribution in [3.63, 3.8) is 0 Å². The molecule has 0 saturated carbocycles. The van der Waals surface area contributed by atoms with E-state index in [9.17, 15) is 9.59 Å². The summed E-state index contributed by atoms with van der Waals surface area (Å²) in [5, 5.41) is 8.55. The molecule has 3 aromatic rings. The van der Waals surface area contributed by atoms with Crippen molar-refractivity contribution in [2.75, 3.05) is 7.11 Å². The maximum absolute atomic E-state index is 12.7. The van der Waals surface area contributed by atoms with Gasteiger partial charge in [-0.15, -0.1) is 0 Å². The monoisotopic (exact) mass is 312 g/mol. The molecule has 0 aliphatic carbocycles. The van der Waals surface area contributed by atoms with E-state index in [2.05, 4.69) is 4.98 Å². The molecule has 23 heavy (non-hydrogen) atoms. The zero-order chi connectivity index (χ0) is 16.6. The van der Waals surface area contributed by atoms with Crippen molar-refractivity contribution in [1.29, 1.82) is 5.41 Å². The number of fused-ring (bicyclic) bond motifs is 2. The van der Waals surface area contributed by atoms with Gasteiger partial charge in [-0.25, -0.2) is 9.78 Å². The highest BCUT2D eigenvalue weighted by atomic mass is 16.5. The highest BCUT2D eigenvalue weighted by molar-refractivity contribution is 5.93. The van der Waals surface area contributed by atoms with Crippen molar-refractivity contribution in [1.82, 2.24) is 14.0 Å². The Morgan fingerprint density at radius 1 is 1.39 bits per heavy atom. The lowest BCUT2D eigenvalue weighted by molar-refractivity contribution is 0.0597. The lowest BCUT2D eigenvalue weighted by Gasteiger charge is -2.13. The van der Waals surface area contributed by atoms with Gasteiger partial charge in [0.2, 0.25) is 0 Å². The maximum atomic E-state index is 12.7. The van der Waals surface area contributed by atoms with Crippen molar-refractivity contribution in [3.05, 3.63) is 51.9 Å². The van der Waals surface area contributed by atoms with E-state index in [1.165, 1.54) is 17.6 Å². The fourth-order valence-corrected chi connectivity index (χ4v) is 2.59. The number of hydrogen-bond acceptors (Lipinski definition) is 5. The Morgan fingerprint density at radius 3 is 2.87 bits per heavy atom. The fraction of sp³-hybridized carbons (Fsp3) is 0.250. The second-order valence-electron chi connectivity index (χ2n) is 5.13. The van der Waals surface area contributed by atoms with Crippen molar-refractivity contribution >= 4 is 22.6 Å². The van der Waals surface area contributed by atoms with Crippen LogP contribution >= 0.6 is 0 Å². The van der Waals surface area contributed by atoms with Crippen LogP contribution in [0.1, 0.15) is 23.7 Å². The van der Waals surface area contributed by atoms with Gasteiger partial charge < -0.3 is 9.30 Å². The maximum Gasteiger partial charge on any atom is 0.341 e. The first-order valence-electron chi connectivity index (χ1n) is 7.26. The average molecular weight is 312 g/mol. The molecule has 0 atom stereocenters. The minimum atomic E-state index is -0.640. The summed E-state index contributed by atoms with van der Waals surface area (Å²) in [6.45, 7) is 2.44. The van der Waals surface area contributed by atoms with Crippen LogP contribution in [0.5, 0.6) is 0 Å². The van der Waals surface area contributed by atoms with E-state index < -0.39 is 5.97 Å². The van der Waals surface area contributed by atoms with Gasteiger partial charge in [-0.2, -0.15) is 0 Å². The fourth-order valence-electron chi connectivity index (χ4n) is 2.59. The topological polar surface area (TPSA) is 89.5 Å². The van der Waals surface area contributed by atoms with Gasteiger partial charge in [0.15, 0.2) is 0 Å². The van der Waals surface area contributed by atoms with E-state index in [1.54, 1.807) is 29.0 Å². The van der Waals surface area contributed by atoms with Crippen LogP contribution in [0.3, 0.4) is 0 Å². The minimum Gasteiger partial charge on any atom is -0.465 e. The van der Waals surface area contributed by atoms with Crippen LogP contribution in [0.2, 0.25) is 0 Å². The molecule has 3 heterocycles. The predicted molar refractivity (Wildman–Crippen MR) is 84.4 cm³/mol. The van der Waals surface area contributed by atoms with Gasteiger partial charge in [-0.05, 0) is 24.6 Å². The number of aryl methyl sites for hydroxylation is 1. The normalized spacial score (nSPS) is 11.0. The number of nitrogens with one attached hydrogen (secondary N) is 1. The highest BCUT2D eigenvalue weighted by Gasteiger charge is 2.17. The second-order valence-corrected chi connectivity index (χ2v) is 5.13. The van der Waals surface area contributed by atoms with Crippen LogP contribution in [-0.2, 0) is 11.3 Å². The smallest absolute Gasteiger partial charge is 0.341 e. The van der Waals surface area contributed by atoms with E-state index in [4.69, 9.17) is 10.1 Å². The molecular formula is C16H16N4O3. The summed E-state index contributed by atoms with van der Waals surface area (Å²) in [5.41, 5.74) is 0.683. The first-order chi connectivity index (χ1) is 11.1. The first kappa shape index (κ1) is 15.0. The summed E-state index contributed by atoms with van der Waals surface area (Å²) in [6.07, 6.45) is 2.37. The standard InChI is InChI=1S/C16H16N4O3/c1-3-7-20-13(17)10(16(22)23-2)9-11-14(20)18-12-6-4-5-8-19(12)15(11)21/h4-6,8-9,17H,3,7H2,1-2H3. The zero-order valence-corrected chi connectivity index (χ0v) is 12.9. The number of carbonyl (C=O) groups is 1. The molecule has 1 N–H and O–H groups in total. The minimum absolute atomic E-state index is 0.00150. The molecule has 0 aromatic carbocycles. The summed E-state index contributed by atoms with van der Waals surface area (Å²) in [7, 11) is 1.25. The van der Waals surface area contributed by atoms with E-state index in [0.717, 1.165) is 6.42 Å². The van der Waals surface area contributed by atoms with E-state index in [1.807, 2.05) is 6.92 Å². The summed E-state index contributed by atoms with van der Waals surface area (Å²) >= 11 is 0. The quantitative estimate of drug-likeness (QED) is 0.583. The Balaban J connectivity index is 2.53. The predicted octanol–water partition coefficient (Wildman–Crippen LogP) is 1.33. The lowest BCUT2D eigenvalue weighted by atomic mass is 10.2. The number of ether oxygens (including phenoxy) is 1. The summed E-state index contributed by atoms with van der Waals surface area (Å²) in [5.74, 6) is -0.640. The third-order valence-corrected chi connectivity index (χ3v) is 3.67. The number of aromatic nitrogens is 3.